The van der Waals surface area contributed by atoms with Crippen LogP contribution in [0.15, 0.2) is 30.3 Å². The number of hydrogen-bond acceptors (Lipinski definition) is 3. The van der Waals surface area contributed by atoms with Crippen LogP contribution in [0, 0.1) is 6.92 Å². The van der Waals surface area contributed by atoms with Crippen LogP contribution in [-0.4, -0.2) is 9.97 Å². The molecule has 1 heterocycles. The molecule has 2 rings (SSSR count). The Morgan fingerprint density at radius 2 is 1.89 bits per heavy atom. The van der Waals surface area contributed by atoms with Crippen molar-refractivity contribution in [3.63, 3.8) is 0 Å². The number of ether oxygens (including phenoxy) is 1. The van der Waals surface area contributed by atoms with Gasteiger partial charge < -0.3 is 4.74 Å². The topological polar surface area (TPSA) is 35.0 Å². The van der Waals surface area contributed by atoms with E-state index in [1.54, 1.807) is 0 Å². The molecule has 0 fully saturated rings. The zero-order valence-electron chi connectivity index (χ0n) is 11.2. The summed E-state index contributed by atoms with van der Waals surface area (Å²) in [6, 6.07) is 9.99. The van der Waals surface area contributed by atoms with Gasteiger partial charge in [0.15, 0.2) is 0 Å². The van der Waals surface area contributed by atoms with Crippen LogP contribution in [-0.2, 0) is 13.0 Å². The van der Waals surface area contributed by atoms with Crippen molar-refractivity contribution in [2.24, 2.45) is 0 Å². The van der Waals surface area contributed by atoms with Gasteiger partial charge in [0.1, 0.15) is 17.6 Å². The van der Waals surface area contributed by atoms with Gasteiger partial charge in [-0.1, -0.05) is 48.9 Å². The Labute approximate surface area is 118 Å². The molecule has 0 spiro atoms. The average Bonchev–Trinajstić information content (AvgIpc) is 2.42. The average molecular weight is 277 g/mol. The number of aromatic nitrogens is 2. The number of hydrogen-bond donors (Lipinski definition) is 0. The van der Waals surface area contributed by atoms with Crippen molar-refractivity contribution in [1.29, 1.82) is 0 Å². The molecule has 0 radical (unpaired) electrons. The van der Waals surface area contributed by atoms with Crippen LogP contribution in [0.4, 0.5) is 0 Å². The zero-order valence-corrected chi connectivity index (χ0v) is 11.9. The lowest BCUT2D eigenvalue weighted by atomic mass is 10.2. The molecule has 0 saturated carbocycles. The number of nitrogens with zero attached hydrogens (tertiary/aromatic N) is 2. The monoisotopic (exact) mass is 276 g/mol. The number of halogens is 1. The van der Waals surface area contributed by atoms with Crippen LogP contribution in [0.2, 0.25) is 5.15 Å². The lowest BCUT2D eigenvalue weighted by Gasteiger charge is -2.10. The number of rotatable bonds is 5. The van der Waals surface area contributed by atoms with E-state index in [9.17, 15) is 0 Å². The quantitative estimate of drug-likeness (QED) is 0.775. The molecular weight excluding hydrogens is 260 g/mol. The summed E-state index contributed by atoms with van der Waals surface area (Å²) in [4.78, 5) is 8.67. The predicted octanol–water partition coefficient (Wildman–Crippen LogP) is 3.97. The highest BCUT2D eigenvalue weighted by Gasteiger charge is 2.10. The van der Waals surface area contributed by atoms with Gasteiger partial charge >= 0.3 is 0 Å². The summed E-state index contributed by atoms with van der Waals surface area (Å²) < 4.78 is 5.76. The van der Waals surface area contributed by atoms with Crippen LogP contribution >= 0.6 is 11.6 Å². The maximum Gasteiger partial charge on any atom is 0.221 e. The van der Waals surface area contributed by atoms with Crippen molar-refractivity contribution >= 4 is 11.6 Å². The van der Waals surface area contributed by atoms with E-state index in [-0.39, 0.29) is 0 Å². The molecule has 0 atom stereocenters. The Hall–Kier alpha value is -1.61. The molecule has 1 aromatic heterocycles. The van der Waals surface area contributed by atoms with Crippen molar-refractivity contribution in [1.82, 2.24) is 9.97 Å². The van der Waals surface area contributed by atoms with Crippen LogP contribution in [0.25, 0.3) is 0 Å². The summed E-state index contributed by atoms with van der Waals surface area (Å²) in [5.74, 6) is 1.31. The smallest absolute Gasteiger partial charge is 0.221 e. The lowest BCUT2D eigenvalue weighted by molar-refractivity contribution is 0.290. The highest BCUT2D eigenvalue weighted by atomic mass is 35.5. The van der Waals surface area contributed by atoms with Gasteiger partial charge in [0.05, 0.1) is 0 Å². The zero-order chi connectivity index (χ0) is 13.7. The number of benzene rings is 1. The SMILES string of the molecule is CCCc1nc(Cl)c(C)c(OCc2ccccc2)n1. The van der Waals surface area contributed by atoms with E-state index in [2.05, 4.69) is 16.9 Å². The van der Waals surface area contributed by atoms with Gasteiger partial charge in [-0.3, -0.25) is 0 Å². The molecule has 19 heavy (non-hydrogen) atoms. The van der Waals surface area contributed by atoms with Crippen molar-refractivity contribution in [2.75, 3.05) is 0 Å². The summed E-state index contributed by atoms with van der Waals surface area (Å²) in [7, 11) is 0. The van der Waals surface area contributed by atoms with E-state index in [1.165, 1.54) is 0 Å². The first-order valence-electron chi connectivity index (χ1n) is 6.40. The van der Waals surface area contributed by atoms with Crippen molar-refractivity contribution in [3.8, 4) is 5.88 Å². The van der Waals surface area contributed by atoms with Crippen molar-refractivity contribution < 1.29 is 4.74 Å². The summed E-state index contributed by atoms with van der Waals surface area (Å²) in [5.41, 5.74) is 1.89. The normalized spacial score (nSPS) is 10.5. The molecule has 0 unspecified atom stereocenters. The van der Waals surface area contributed by atoms with Crippen LogP contribution in [0.1, 0.15) is 30.3 Å². The van der Waals surface area contributed by atoms with Gasteiger partial charge in [0, 0.05) is 12.0 Å². The molecule has 0 saturated heterocycles. The molecule has 0 amide bonds. The van der Waals surface area contributed by atoms with E-state index in [0.29, 0.717) is 17.6 Å². The third kappa shape index (κ3) is 3.67. The van der Waals surface area contributed by atoms with Gasteiger partial charge in [-0.15, -0.1) is 0 Å². The molecule has 0 aliphatic rings. The first-order chi connectivity index (χ1) is 9.20. The third-order valence-corrected chi connectivity index (χ3v) is 3.15. The minimum atomic E-state index is 0.474. The highest BCUT2D eigenvalue weighted by Crippen LogP contribution is 2.23. The molecule has 0 N–H and O–H groups in total. The van der Waals surface area contributed by atoms with E-state index in [1.807, 2.05) is 37.3 Å². The Morgan fingerprint density at radius 1 is 1.16 bits per heavy atom. The largest absolute Gasteiger partial charge is 0.472 e. The first-order valence-corrected chi connectivity index (χ1v) is 6.78. The van der Waals surface area contributed by atoms with E-state index in [0.717, 1.165) is 29.8 Å². The molecular formula is C15H17ClN2O. The van der Waals surface area contributed by atoms with E-state index in [4.69, 9.17) is 16.3 Å². The Balaban J connectivity index is 2.15. The fraction of sp³-hybridized carbons (Fsp3) is 0.333. The number of aryl methyl sites for hydroxylation is 1. The Kier molecular flexibility index (Phi) is 4.74. The second kappa shape index (κ2) is 6.53. The first kappa shape index (κ1) is 13.8. The fourth-order valence-corrected chi connectivity index (χ4v) is 1.89. The molecule has 3 nitrogen and oxygen atoms in total. The summed E-state index contributed by atoms with van der Waals surface area (Å²) in [6.07, 6.45) is 1.79. The fourth-order valence-electron chi connectivity index (χ4n) is 1.71. The maximum atomic E-state index is 6.11. The summed E-state index contributed by atoms with van der Waals surface area (Å²) >= 11 is 6.11. The molecule has 1 aromatic carbocycles. The van der Waals surface area contributed by atoms with Gasteiger partial charge in [0.25, 0.3) is 0 Å². The van der Waals surface area contributed by atoms with Crippen molar-refractivity contribution in [3.05, 3.63) is 52.4 Å². The van der Waals surface area contributed by atoms with Crippen LogP contribution in [0.3, 0.4) is 0 Å². The van der Waals surface area contributed by atoms with Gasteiger partial charge in [-0.25, -0.2) is 4.98 Å². The second-order valence-corrected chi connectivity index (χ2v) is 4.74. The van der Waals surface area contributed by atoms with Gasteiger partial charge in [-0.2, -0.15) is 4.98 Å². The standard InChI is InChI=1S/C15H17ClN2O/c1-3-7-13-17-14(16)11(2)15(18-13)19-10-12-8-5-4-6-9-12/h4-6,8-9H,3,7,10H2,1-2H3. The van der Waals surface area contributed by atoms with E-state index >= 15 is 0 Å². The summed E-state index contributed by atoms with van der Waals surface area (Å²) in [6.45, 7) is 4.45. The molecule has 0 aliphatic heterocycles. The summed E-state index contributed by atoms with van der Waals surface area (Å²) in [5, 5.41) is 0.474. The van der Waals surface area contributed by atoms with Crippen LogP contribution in [0.5, 0.6) is 5.88 Å². The molecule has 100 valence electrons. The third-order valence-electron chi connectivity index (χ3n) is 2.78. The Bertz CT molecular complexity index is 543. The molecule has 0 bridgehead atoms. The lowest BCUT2D eigenvalue weighted by Crippen LogP contribution is -2.04. The maximum absolute atomic E-state index is 6.11. The van der Waals surface area contributed by atoms with Gasteiger partial charge in [-0.05, 0) is 18.9 Å². The van der Waals surface area contributed by atoms with Gasteiger partial charge in [0.2, 0.25) is 5.88 Å². The van der Waals surface area contributed by atoms with Crippen molar-refractivity contribution in [2.45, 2.75) is 33.3 Å². The predicted molar refractivity (Wildman–Crippen MR) is 76.5 cm³/mol. The van der Waals surface area contributed by atoms with Crippen LogP contribution < -0.4 is 4.74 Å². The Morgan fingerprint density at radius 3 is 2.58 bits per heavy atom. The molecule has 0 aliphatic carbocycles. The molecule has 4 heteroatoms. The minimum absolute atomic E-state index is 0.474. The molecule has 2 aromatic rings. The second-order valence-electron chi connectivity index (χ2n) is 4.39. The highest BCUT2D eigenvalue weighted by molar-refractivity contribution is 6.30. The van der Waals surface area contributed by atoms with E-state index < -0.39 is 0 Å². The minimum Gasteiger partial charge on any atom is -0.472 e.